The van der Waals surface area contributed by atoms with Gasteiger partial charge in [0.15, 0.2) is 10.9 Å². The number of aryl methyl sites for hydroxylation is 2. The minimum Gasteiger partial charge on any atom is -0.293 e. The van der Waals surface area contributed by atoms with Crippen molar-refractivity contribution < 1.29 is 4.79 Å². The van der Waals surface area contributed by atoms with Crippen molar-refractivity contribution in [1.82, 2.24) is 9.55 Å². The van der Waals surface area contributed by atoms with E-state index >= 15 is 0 Å². The Labute approximate surface area is 211 Å². The Kier molecular flexibility index (Phi) is 5.84. The highest BCUT2D eigenvalue weighted by Gasteiger charge is 2.24. The Bertz CT molecular complexity index is 1590. The first-order valence-corrected chi connectivity index (χ1v) is 13.4. The zero-order chi connectivity index (χ0) is 23.8. The molecule has 4 nitrogen and oxygen atoms in total. The molecule has 0 bridgehead atoms. The van der Waals surface area contributed by atoms with Crippen molar-refractivity contribution >= 4 is 39.1 Å². The molecule has 0 N–H and O–H groups in total. The molecule has 6 heteroatoms. The maximum Gasteiger partial charge on any atom is 0.267 e. The molecule has 5 aromatic rings. The Morgan fingerprint density at radius 3 is 2.31 bits per heavy atom. The average molecular weight is 495 g/mol. The predicted molar refractivity (Wildman–Crippen MR) is 144 cm³/mol. The molecule has 2 heterocycles. The summed E-state index contributed by atoms with van der Waals surface area (Å²) in [6.45, 7) is 0. The van der Waals surface area contributed by atoms with E-state index in [9.17, 15) is 9.59 Å². The average Bonchev–Trinajstić information content (AvgIpc) is 3.49. The molecule has 0 spiro atoms. The minimum atomic E-state index is -0.0391. The third-order valence-corrected chi connectivity index (χ3v) is 8.49. The molecule has 6 rings (SSSR count). The molecule has 1 aliphatic carbocycles. The number of nitrogens with zero attached hydrogens (tertiary/aromatic N) is 2. The second kappa shape index (κ2) is 9.29. The summed E-state index contributed by atoms with van der Waals surface area (Å²) in [5.41, 5.74) is 4.74. The van der Waals surface area contributed by atoms with Gasteiger partial charge in [-0.1, -0.05) is 84.6 Å². The molecule has 0 fully saturated rings. The van der Waals surface area contributed by atoms with E-state index in [1.807, 2.05) is 72.8 Å². The fourth-order valence-electron chi connectivity index (χ4n) is 4.62. The van der Waals surface area contributed by atoms with Crippen LogP contribution in [0.4, 0.5) is 0 Å². The van der Waals surface area contributed by atoms with Crippen molar-refractivity contribution in [3.63, 3.8) is 0 Å². The number of hydrogen-bond acceptors (Lipinski definition) is 5. The summed E-state index contributed by atoms with van der Waals surface area (Å²) in [4.78, 5) is 33.7. The van der Waals surface area contributed by atoms with Gasteiger partial charge in [-0.05, 0) is 48.1 Å². The maximum absolute atomic E-state index is 13.7. The van der Waals surface area contributed by atoms with Crippen molar-refractivity contribution in [3.05, 3.63) is 111 Å². The number of hydrogen-bond donors (Lipinski definition) is 0. The normalized spacial score (nSPS) is 12.7. The molecule has 2 aromatic heterocycles. The van der Waals surface area contributed by atoms with Crippen molar-refractivity contribution in [1.29, 1.82) is 0 Å². The number of para-hydroxylation sites is 1. The summed E-state index contributed by atoms with van der Waals surface area (Å²) >= 11 is 2.95. The van der Waals surface area contributed by atoms with Crippen LogP contribution in [0.5, 0.6) is 0 Å². The fourth-order valence-corrected chi connectivity index (χ4v) is 6.83. The van der Waals surface area contributed by atoms with E-state index in [1.54, 1.807) is 15.9 Å². The number of carbonyl (C=O) groups is 1. The quantitative estimate of drug-likeness (QED) is 0.152. The number of aromatic nitrogens is 2. The first-order chi connectivity index (χ1) is 17.2. The molecule has 35 heavy (non-hydrogen) atoms. The van der Waals surface area contributed by atoms with Crippen LogP contribution >= 0.6 is 23.1 Å². The highest BCUT2D eigenvalue weighted by Crippen LogP contribution is 2.36. The number of ketones is 1. The first kappa shape index (κ1) is 22.0. The van der Waals surface area contributed by atoms with Crippen molar-refractivity contribution in [2.24, 2.45) is 0 Å². The van der Waals surface area contributed by atoms with Crippen LogP contribution in [-0.2, 0) is 12.8 Å². The molecule has 0 unspecified atom stereocenters. The van der Waals surface area contributed by atoms with Crippen LogP contribution in [0.2, 0.25) is 0 Å². The van der Waals surface area contributed by atoms with Gasteiger partial charge in [0.2, 0.25) is 0 Å². The van der Waals surface area contributed by atoms with Gasteiger partial charge in [-0.25, -0.2) is 4.98 Å². The number of carbonyl (C=O) groups excluding carboxylic acids is 1. The number of Topliss-reactive ketones (excluding diaryl/α,β-unsaturated/α-hetero) is 1. The summed E-state index contributed by atoms with van der Waals surface area (Å²) in [7, 11) is 0. The lowest BCUT2D eigenvalue weighted by Crippen LogP contribution is -2.22. The summed E-state index contributed by atoms with van der Waals surface area (Å²) in [6.07, 6.45) is 3.04. The zero-order valence-corrected chi connectivity index (χ0v) is 20.6. The lowest BCUT2D eigenvalue weighted by molar-refractivity contribution is 0.102. The van der Waals surface area contributed by atoms with Gasteiger partial charge in [0.25, 0.3) is 5.56 Å². The lowest BCUT2D eigenvalue weighted by atomic mass is 10.0. The fraction of sp³-hybridized carbons (Fsp3) is 0.138. The third-order valence-electron chi connectivity index (χ3n) is 6.37. The Morgan fingerprint density at radius 1 is 0.886 bits per heavy atom. The SMILES string of the molecule is O=C(CSc1nc2sc3c(c2c(=O)n1-c1ccccc1)CCC3)c1ccc(-c2ccccc2)cc1. The molecular weight excluding hydrogens is 472 g/mol. The molecule has 0 saturated heterocycles. The summed E-state index contributed by atoms with van der Waals surface area (Å²) in [5, 5.41) is 1.31. The second-order valence-electron chi connectivity index (χ2n) is 8.56. The summed E-state index contributed by atoms with van der Waals surface area (Å²) < 4.78 is 1.67. The molecule has 0 saturated carbocycles. The molecular formula is C29H22N2O2S2. The smallest absolute Gasteiger partial charge is 0.267 e. The van der Waals surface area contributed by atoms with E-state index in [-0.39, 0.29) is 17.1 Å². The van der Waals surface area contributed by atoms with Crippen LogP contribution in [0.25, 0.3) is 27.0 Å². The molecule has 0 radical (unpaired) electrons. The molecule has 0 amide bonds. The van der Waals surface area contributed by atoms with E-state index < -0.39 is 0 Å². The third kappa shape index (κ3) is 4.13. The van der Waals surface area contributed by atoms with E-state index in [0.29, 0.717) is 10.7 Å². The lowest BCUT2D eigenvalue weighted by Gasteiger charge is -2.12. The van der Waals surface area contributed by atoms with Gasteiger partial charge >= 0.3 is 0 Å². The van der Waals surface area contributed by atoms with Crippen LogP contribution in [0.1, 0.15) is 27.2 Å². The number of rotatable bonds is 6. The van der Waals surface area contributed by atoms with Crippen LogP contribution in [0, 0.1) is 0 Å². The van der Waals surface area contributed by atoms with Gasteiger partial charge < -0.3 is 0 Å². The van der Waals surface area contributed by atoms with E-state index in [2.05, 4.69) is 12.1 Å². The van der Waals surface area contributed by atoms with Gasteiger partial charge in [-0.15, -0.1) is 11.3 Å². The number of fused-ring (bicyclic) bond motifs is 3. The zero-order valence-electron chi connectivity index (χ0n) is 18.9. The Balaban J connectivity index is 1.32. The molecule has 0 aliphatic heterocycles. The molecule has 1 aliphatic rings. The molecule has 3 aromatic carbocycles. The van der Waals surface area contributed by atoms with Gasteiger partial charge in [-0.3, -0.25) is 14.2 Å². The van der Waals surface area contributed by atoms with E-state index in [0.717, 1.165) is 46.3 Å². The number of thiophene rings is 1. The van der Waals surface area contributed by atoms with Gasteiger partial charge in [-0.2, -0.15) is 0 Å². The maximum atomic E-state index is 13.7. The van der Waals surface area contributed by atoms with Crippen LogP contribution in [0.3, 0.4) is 0 Å². The Hall–Kier alpha value is -3.48. The minimum absolute atomic E-state index is 0.0113. The highest BCUT2D eigenvalue weighted by atomic mass is 32.2. The van der Waals surface area contributed by atoms with Crippen molar-refractivity contribution in [3.8, 4) is 16.8 Å². The van der Waals surface area contributed by atoms with Gasteiger partial charge in [0.05, 0.1) is 16.8 Å². The molecule has 172 valence electrons. The van der Waals surface area contributed by atoms with Gasteiger partial charge in [0, 0.05) is 10.4 Å². The first-order valence-electron chi connectivity index (χ1n) is 11.6. The van der Waals surface area contributed by atoms with Crippen LogP contribution < -0.4 is 5.56 Å². The largest absolute Gasteiger partial charge is 0.293 e. The Morgan fingerprint density at radius 2 is 1.57 bits per heavy atom. The topological polar surface area (TPSA) is 52.0 Å². The predicted octanol–water partition coefficient (Wildman–Crippen LogP) is 6.58. The van der Waals surface area contributed by atoms with Crippen LogP contribution in [-0.4, -0.2) is 21.1 Å². The summed E-state index contributed by atoms with van der Waals surface area (Å²) in [6, 6.07) is 27.4. The van der Waals surface area contributed by atoms with Crippen LogP contribution in [0.15, 0.2) is 94.9 Å². The highest BCUT2D eigenvalue weighted by molar-refractivity contribution is 7.99. The van der Waals surface area contributed by atoms with E-state index in [4.69, 9.17) is 4.98 Å². The number of thioether (sulfide) groups is 1. The second-order valence-corrected chi connectivity index (χ2v) is 10.6. The van der Waals surface area contributed by atoms with Gasteiger partial charge in [0.1, 0.15) is 4.83 Å². The van der Waals surface area contributed by atoms with E-state index in [1.165, 1.54) is 22.2 Å². The molecule has 0 atom stereocenters. The standard InChI is InChI=1S/C29H22N2O2S2/c32-24(21-16-14-20(15-17-21)19-8-3-1-4-9-19)18-34-29-30-27-26(23-12-7-13-25(23)35-27)28(33)31(29)22-10-5-2-6-11-22/h1-6,8-11,14-17H,7,12-13,18H2. The monoisotopic (exact) mass is 494 g/mol. The number of benzene rings is 3. The van der Waals surface area contributed by atoms with Crippen molar-refractivity contribution in [2.75, 3.05) is 5.75 Å². The van der Waals surface area contributed by atoms with Crippen molar-refractivity contribution in [2.45, 2.75) is 24.4 Å². The summed E-state index contributed by atoms with van der Waals surface area (Å²) in [5.74, 6) is 0.220.